The summed E-state index contributed by atoms with van der Waals surface area (Å²) in [6.45, 7) is 0. The molecule has 0 radical (unpaired) electrons. The van der Waals surface area contributed by atoms with Crippen molar-refractivity contribution in [1.82, 2.24) is 0 Å². The van der Waals surface area contributed by atoms with Gasteiger partial charge in [-0.25, -0.2) is 0 Å². The van der Waals surface area contributed by atoms with E-state index in [1.165, 1.54) is 28.1 Å². The van der Waals surface area contributed by atoms with Crippen LogP contribution in [0.5, 0.6) is 0 Å². The number of aldehydes is 1. The number of anilines is 2. The summed E-state index contributed by atoms with van der Waals surface area (Å²) in [6, 6.07) is 22.7. The van der Waals surface area contributed by atoms with E-state index in [-0.39, 0.29) is 0 Å². The van der Waals surface area contributed by atoms with Gasteiger partial charge in [-0.15, -0.1) is 0 Å². The van der Waals surface area contributed by atoms with Crippen LogP contribution in [0.3, 0.4) is 0 Å². The van der Waals surface area contributed by atoms with Gasteiger partial charge in [0.15, 0.2) is 0 Å². The van der Waals surface area contributed by atoms with E-state index in [0.29, 0.717) is 5.56 Å². The van der Waals surface area contributed by atoms with Gasteiger partial charge in [-0.3, -0.25) is 4.79 Å². The Morgan fingerprint density at radius 2 is 1.57 bits per heavy atom. The molecule has 0 saturated carbocycles. The Morgan fingerprint density at radius 3 is 2.39 bits per heavy atom. The molecule has 0 atom stereocenters. The number of hydrogen-bond acceptors (Lipinski definition) is 2. The number of para-hydroxylation sites is 1. The van der Waals surface area contributed by atoms with Crippen molar-refractivity contribution in [3.63, 3.8) is 0 Å². The summed E-state index contributed by atoms with van der Waals surface area (Å²) in [6.07, 6.45) is 2.91. The first-order chi connectivity index (χ1) is 11.3. The second kappa shape index (κ2) is 5.73. The number of hydrogen-bond donors (Lipinski definition) is 1. The molecule has 0 aliphatic carbocycles. The van der Waals surface area contributed by atoms with Crippen LogP contribution in [0.2, 0.25) is 0 Å². The zero-order valence-corrected chi connectivity index (χ0v) is 12.8. The highest BCUT2D eigenvalue weighted by molar-refractivity contribution is 5.81. The summed E-state index contributed by atoms with van der Waals surface area (Å²) in [5.74, 6) is 0. The molecule has 0 aromatic heterocycles. The maximum Gasteiger partial charge on any atom is 0.150 e. The maximum atomic E-state index is 10.8. The predicted molar refractivity (Wildman–Crippen MR) is 94.4 cm³/mol. The van der Waals surface area contributed by atoms with E-state index in [9.17, 15) is 4.79 Å². The zero-order chi connectivity index (χ0) is 15.6. The van der Waals surface area contributed by atoms with Crippen molar-refractivity contribution >= 4 is 17.7 Å². The molecule has 1 heterocycles. The molecule has 23 heavy (non-hydrogen) atoms. The minimum atomic E-state index is 0.710. The number of rotatable bonds is 2. The predicted octanol–water partition coefficient (Wildman–Crippen LogP) is 5.01. The van der Waals surface area contributed by atoms with E-state index < -0.39 is 0 Å². The summed E-state index contributed by atoms with van der Waals surface area (Å²) in [4.78, 5) is 10.8. The van der Waals surface area contributed by atoms with Gasteiger partial charge in [-0.2, -0.15) is 0 Å². The summed E-state index contributed by atoms with van der Waals surface area (Å²) < 4.78 is 0. The third-order valence-corrected chi connectivity index (χ3v) is 4.46. The topological polar surface area (TPSA) is 29.1 Å². The van der Waals surface area contributed by atoms with Gasteiger partial charge in [0, 0.05) is 16.9 Å². The van der Waals surface area contributed by atoms with Gasteiger partial charge >= 0.3 is 0 Å². The van der Waals surface area contributed by atoms with Gasteiger partial charge in [0.1, 0.15) is 6.29 Å². The van der Waals surface area contributed by atoms with Crippen LogP contribution in [0, 0.1) is 0 Å². The molecule has 1 aliphatic rings. The van der Waals surface area contributed by atoms with Crippen molar-refractivity contribution in [2.75, 3.05) is 5.32 Å². The molecular formula is C21H17NO. The Hall–Kier alpha value is -2.87. The van der Waals surface area contributed by atoms with Crippen LogP contribution in [-0.2, 0) is 12.8 Å². The van der Waals surface area contributed by atoms with E-state index in [2.05, 4.69) is 47.8 Å². The Bertz CT molecular complexity index is 865. The average Bonchev–Trinajstić information content (AvgIpc) is 2.81. The quantitative estimate of drug-likeness (QED) is 0.674. The largest absolute Gasteiger partial charge is 0.355 e. The van der Waals surface area contributed by atoms with Crippen LogP contribution in [0.15, 0.2) is 66.7 Å². The number of benzene rings is 3. The fourth-order valence-corrected chi connectivity index (χ4v) is 3.25. The van der Waals surface area contributed by atoms with E-state index in [4.69, 9.17) is 0 Å². The minimum Gasteiger partial charge on any atom is -0.355 e. The first kappa shape index (κ1) is 13.8. The van der Waals surface area contributed by atoms with E-state index in [1.54, 1.807) is 0 Å². The van der Waals surface area contributed by atoms with E-state index in [0.717, 1.165) is 24.7 Å². The molecule has 0 saturated heterocycles. The molecule has 0 unspecified atom stereocenters. The molecule has 1 N–H and O–H groups in total. The van der Waals surface area contributed by atoms with E-state index >= 15 is 0 Å². The van der Waals surface area contributed by atoms with Crippen LogP contribution in [0.1, 0.15) is 21.5 Å². The standard InChI is InChI=1S/C21H17NO/c23-14-15-8-10-16(11-9-15)18-5-3-7-21-19(18)13-12-17-4-1-2-6-20(17)22-21/h1-11,14,22H,12-13H2. The second-order valence-electron chi connectivity index (χ2n) is 5.85. The molecule has 0 bridgehead atoms. The normalized spacial score (nSPS) is 12.5. The molecule has 0 amide bonds. The number of carbonyl (C=O) groups excluding carboxylic acids is 1. The van der Waals surface area contributed by atoms with Gasteiger partial charge in [0.2, 0.25) is 0 Å². The zero-order valence-electron chi connectivity index (χ0n) is 12.8. The highest BCUT2D eigenvalue weighted by Gasteiger charge is 2.15. The SMILES string of the molecule is O=Cc1ccc(-c2cccc3c2CCc2ccccc2N3)cc1. The molecule has 2 nitrogen and oxygen atoms in total. The van der Waals surface area contributed by atoms with Gasteiger partial charge in [-0.1, -0.05) is 54.6 Å². The van der Waals surface area contributed by atoms with Gasteiger partial charge in [0.25, 0.3) is 0 Å². The third-order valence-electron chi connectivity index (χ3n) is 4.46. The minimum absolute atomic E-state index is 0.710. The summed E-state index contributed by atoms with van der Waals surface area (Å²) >= 11 is 0. The monoisotopic (exact) mass is 299 g/mol. The Kier molecular flexibility index (Phi) is 3.43. The smallest absolute Gasteiger partial charge is 0.150 e. The summed E-state index contributed by atoms with van der Waals surface area (Å²) in [7, 11) is 0. The summed E-state index contributed by atoms with van der Waals surface area (Å²) in [5, 5.41) is 3.58. The molecule has 0 fully saturated rings. The average molecular weight is 299 g/mol. The van der Waals surface area contributed by atoms with Gasteiger partial charge < -0.3 is 5.32 Å². The Morgan fingerprint density at radius 1 is 0.783 bits per heavy atom. The molecule has 3 aromatic rings. The first-order valence-corrected chi connectivity index (χ1v) is 7.87. The maximum absolute atomic E-state index is 10.8. The first-order valence-electron chi connectivity index (χ1n) is 7.87. The molecule has 3 aromatic carbocycles. The van der Waals surface area contributed by atoms with Crippen LogP contribution >= 0.6 is 0 Å². The van der Waals surface area contributed by atoms with Crippen molar-refractivity contribution < 1.29 is 4.79 Å². The van der Waals surface area contributed by atoms with Crippen LogP contribution < -0.4 is 5.32 Å². The van der Waals surface area contributed by atoms with Crippen LogP contribution in [-0.4, -0.2) is 6.29 Å². The van der Waals surface area contributed by atoms with Crippen molar-refractivity contribution in [3.8, 4) is 11.1 Å². The summed E-state index contributed by atoms with van der Waals surface area (Å²) in [5.41, 5.74) is 8.15. The van der Waals surface area contributed by atoms with Crippen molar-refractivity contribution in [3.05, 3.63) is 83.4 Å². The lowest BCUT2D eigenvalue weighted by atomic mass is 9.94. The van der Waals surface area contributed by atoms with Gasteiger partial charge in [0.05, 0.1) is 0 Å². The highest BCUT2D eigenvalue weighted by Crippen LogP contribution is 2.35. The molecule has 112 valence electrons. The lowest BCUT2D eigenvalue weighted by Gasteiger charge is -2.14. The Balaban J connectivity index is 1.79. The fraction of sp³-hybridized carbons (Fsp3) is 0.0952. The van der Waals surface area contributed by atoms with Crippen LogP contribution in [0.25, 0.3) is 11.1 Å². The number of nitrogens with one attached hydrogen (secondary N) is 1. The molecule has 4 rings (SSSR count). The van der Waals surface area contributed by atoms with Crippen LogP contribution in [0.4, 0.5) is 11.4 Å². The molecule has 2 heteroatoms. The molecular weight excluding hydrogens is 282 g/mol. The lowest BCUT2D eigenvalue weighted by molar-refractivity contribution is 0.112. The molecule has 0 spiro atoms. The third kappa shape index (κ3) is 2.53. The number of fused-ring (bicyclic) bond motifs is 2. The van der Waals surface area contributed by atoms with Crippen molar-refractivity contribution in [1.29, 1.82) is 0 Å². The van der Waals surface area contributed by atoms with Crippen molar-refractivity contribution in [2.45, 2.75) is 12.8 Å². The Labute approximate surface area is 135 Å². The molecule has 1 aliphatic heterocycles. The lowest BCUT2D eigenvalue weighted by Crippen LogP contribution is -1.96. The fourth-order valence-electron chi connectivity index (χ4n) is 3.25. The number of carbonyl (C=O) groups is 1. The number of aryl methyl sites for hydroxylation is 1. The van der Waals surface area contributed by atoms with Gasteiger partial charge in [-0.05, 0) is 47.2 Å². The van der Waals surface area contributed by atoms with Crippen molar-refractivity contribution in [2.24, 2.45) is 0 Å². The highest BCUT2D eigenvalue weighted by atomic mass is 16.1. The van der Waals surface area contributed by atoms with E-state index in [1.807, 2.05) is 24.3 Å². The second-order valence-corrected chi connectivity index (χ2v) is 5.85.